The van der Waals surface area contributed by atoms with Crippen molar-refractivity contribution in [2.24, 2.45) is 5.41 Å². The number of anilines is 2. The minimum Gasteiger partial charge on any atom is -0.481 e. The second kappa shape index (κ2) is 11.0. The van der Waals surface area contributed by atoms with Gasteiger partial charge in [-0.3, -0.25) is 25.2 Å². The average Bonchev–Trinajstić information content (AvgIpc) is 3.56. The number of carboxylic acid groups (broad SMARTS) is 1. The molecule has 1 aliphatic carbocycles. The number of aryl methyl sites for hydroxylation is 1. The molecule has 1 aliphatic heterocycles. The molecule has 196 valence electrons. The Morgan fingerprint density at radius 3 is 2.50 bits per heavy atom. The Bertz CT molecular complexity index is 1310. The number of urea groups is 1. The minimum absolute atomic E-state index is 0.0177. The van der Waals surface area contributed by atoms with Crippen LogP contribution in [0.1, 0.15) is 55.0 Å². The van der Waals surface area contributed by atoms with E-state index in [0.29, 0.717) is 31.0 Å². The number of nitrogens with one attached hydrogen (secondary N) is 2. The van der Waals surface area contributed by atoms with Crippen molar-refractivity contribution in [2.75, 3.05) is 17.2 Å². The highest BCUT2D eigenvalue weighted by molar-refractivity contribution is 5.98. The van der Waals surface area contributed by atoms with Crippen LogP contribution < -0.4 is 10.6 Å². The molecule has 1 saturated carbocycles. The zero-order valence-corrected chi connectivity index (χ0v) is 21.0. The van der Waals surface area contributed by atoms with Gasteiger partial charge >= 0.3 is 12.0 Å². The second-order valence-corrected chi connectivity index (χ2v) is 9.93. The van der Waals surface area contributed by atoms with Gasteiger partial charge in [0.1, 0.15) is 11.6 Å². The smallest absolute Gasteiger partial charge is 0.326 e. The highest BCUT2D eigenvalue weighted by Gasteiger charge is 2.49. The van der Waals surface area contributed by atoms with Crippen LogP contribution in [0.4, 0.5) is 16.4 Å². The maximum Gasteiger partial charge on any atom is 0.326 e. The molecule has 3 aromatic heterocycles. The molecule has 38 heavy (non-hydrogen) atoms. The number of aromatic nitrogens is 3. The van der Waals surface area contributed by atoms with Crippen molar-refractivity contribution in [3.8, 4) is 0 Å². The maximum atomic E-state index is 13.2. The van der Waals surface area contributed by atoms with E-state index in [2.05, 4.69) is 25.6 Å². The van der Waals surface area contributed by atoms with Gasteiger partial charge in [-0.05, 0) is 80.0 Å². The second-order valence-electron chi connectivity index (χ2n) is 9.93. The number of pyridine rings is 3. The molecule has 3 amide bonds. The monoisotopic (exact) mass is 514 g/mol. The van der Waals surface area contributed by atoms with Gasteiger partial charge in [-0.2, -0.15) is 0 Å². The van der Waals surface area contributed by atoms with Gasteiger partial charge in [-0.25, -0.2) is 14.8 Å². The number of nitrogens with zero attached hydrogens (tertiary/aromatic N) is 4. The normalized spacial score (nSPS) is 17.6. The van der Waals surface area contributed by atoms with Crippen molar-refractivity contribution < 1.29 is 19.5 Å². The fraction of sp³-hybridized carbons (Fsp3) is 0.357. The van der Waals surface area contributed by atoms with E-state index in [0.717, 1.165) is 42.5 Å². The molecule has 0 bridgehead atoms. The Labute approximate surface area is 220 Å². The highest BCUT2D eigenvalue weighted by atomic mass is 16.4. The first-order valence-electron chi connectivity index (χ1n) is 12.8. The number of hydrogen-bond donors (Lipinski definition) is 3. The molecule has 2 aliphatic rings. The molecule has 10 heteroatoms. The molecule has 2 fully saturated rings. The Balaban J connectivity index is 1.17. The van der Waals surface area contributed by atoms with E-state index in [9.17, 15) is 19.5 Å². The molecule has 3 aromatic rings. The molecule has 5 rings (SSSR count). The van der Waals surface area contributed by atoms with Crippen molar-refractivity contribution in [1.82, 2.24) is 19.9 Å². The predicted molar refractivity (Wildman–Crippen MR) is 140 cm³/mol. The summed E-state index contributed by atoms with van der Waals surface area (Å²) >= 11 is 0. The summed E-state index contributed by atoms with van der Waals surface area (Å²) in [6, 6.07) is 12.2. The zero-order chi connectivity index (χ0) is 26.5. The molecule has 10 nitrogen and oxygen atoms in total. The predicted octanol–water partition coefficient (Wildman–Crippen LogP) is 4.22. The van der Waals surface area contributed by atoms with Gasteiger partial charge < -0.3 is 10.0 Å². The Hall–Kier alpha value is -4.34. The van der Waals surface area contributed by atoms with Gasteiger partial charge in [0, 0.05) is 30.8 Å². The number of amides is 3. The lowest BCUT2D eigenvalue weighted by Gasteiger charge is -2.25. The first-order chi connectivity index (χ1) is 18.4. The lowest BCUT2D eigenvalue weighted by Crippen LogP contribution is -2.32. The molecule has 0 aromatic carbocycles. The van der Waals surface area contributed by atoms with E-state index >= 15 is 0 Å². The van der Waals surface area contributed by atoms with Crippen LogP contribution in [0, 0.1) is 5.41 Å². The SMILES string of the molecule is O=C(Nc1ccccn1)Nc1ccc(CC(=O)N2CCCC2c2ccnc(CCC3(C(=O)O)CC3)c2)cn1. The largest absolute Gasteiger partial charge is 0.481 e. The van der Waals surface area contributed by atoms with Crippen molar-refractivity contribution in [1.29, 1.82) is 0 Å². The van der Waals surface area contributed by atoms with Gasteiger partial charge in [-0.1, -0.05) is 12.1 Å². The fourth-order valence-corrected chi connectivity index (χ4v) is 4.92. The summed E-state index contributed by atoms with van der Waals surface area (Å²) in [7, 11) is 0. The molecule has 1 saturated heterocycles. The first kappa shape index (κ1) is 25.3. The summed E-state index contributed by atoms with van der Waals surface area (Å²) in [6.45, 7) is 0.685. The molecular formula is C28H30N6O4. The summed E-state index contributed by atoms with van der Waals surface area (Å²) in [5.41, 5.74) is 2.09. The summed E-state index contributed by atoms with van der Waals surface area (Å²) in [5, 5.41) is 14.7. The van der Waals surface area contributed by atoms with Crippen LogP contribution in [0.5, 0.6) is 0 Å². The number of rotatable bonds is 9. The fourth-order valence-electron chi connectivity index (χ4n) is 4.92. The third-order valence-corrected chi connectivity index (χ3v) is 7.29. The van der Waals surface area contributed by atoms with Crippen LogP contribution in [0.25, 0.3) is 0 Å². The lowest BCUT2D eigenvalue weighted by molar-refractivity contribution is -0.143. The van der Waals surface area contributed by atoms with Gasteiger partial charge in [0.15, 0.2) is 0 Å². The van der Waals surface area contributed by atoms with Crippen LogP contribution in [0.3, 0.4) is 0 Å². The third kappa shape index (κ3) is 5.96. The molecule has 0 radical (unpaired) electrons. The van der Waals surface area contributed by atoms with Crippen LogP contribution in [0.2, 0.25) is 0 Å². The topological polar surface area (TPSA) is 137 Å². The molecule has 4 heterocycles. The number of carboxylic acids is 1. The van der Waals surface area contributed by atoms with Crippen molar-refractivity contribution in [2.45, 2.75) is 51.0 Å². The third-order valence-electron chi connectivity index (χ3n) is 7.29. The van der Waals surface area contributed by atoms with E-state index in [4.69, 9.17) is 0 Å². The Morgan fingerprint density at radius 2 is 1.82 bits per heavy atom. The van der Waals surface area contributed by atoms with Gasteiger partial charge in [0.05, 0.1) is 17.9 Å². The number of hydrogen-bond acceptors (Lipinski definition) is 6. The Morgan fingerprint density at radius 1 is 1.00 bits per heavy atom. The molecule has 1 unspecified atom stereocenters. The van der Waals surface area contributed by atoms with Crippen molar-refractivity contribution in [3.63, 3.8) is 0 Å². The van der Waals surface area contributed by atoms with Crippen LogP contribution in [0.15, 0.2) is 61.1 Å². The summed E-state index contributed by atoms with van der Waals surface area (Å²) in [4.78, 5) is 51.5. The van der Waals surface area contributed by atoms with Crippen molar-refractivity contribution >= 4 is 29.5 Å². The van der Waals surface area contributed by atoms with E-state index in [1.807, 2.05) is 17.0 Å². The maximum absolute atomic E-state index is 13.2. The first-order valence-corrected chi connectivity index (χ1v) is 12.8. The number of aliphatic carboxylic acids is 1. The molecular weight excluding hydrogens is 484 g/mol. The van der Waals surface area contributed by atoms with Crippen LogP contribution >= 0.6 is 0 Å². The summed E-state index contributed by atoms with van der Waals surface area (Å²) in [5.74, 6) is 0.103. The van der Waals surface area contributed by atoms with Crippen LogP contribution in [-0.4, -0.2) is 49.4 Å². The zero-order valence-electron chi connectivity index (χ0n) is 21.0. The standard InChI is InChI=1S/C28H30N6O4/c35-25(16-19-6-7-24(31-18-19)33-27(38)32-23-5-1-2-13-30-23)34-15-3-4-22(34)20-9-14-29-21(17-20)8-10-28(11-12-28)26(36)37/h1-2,5-7,9,13-14,17-18,22H,3-4,8,10-12,15-16H2,(H,36,37)(H2,30,31,32,33,38). The number of carbonyl (C=O) groups excluding carboxylic acids is 2. The van der Waals surface area contributed by atoms with Gasteiger partial charge in [0.2, 0.25) is 5.91 Å². The average molecular weight is 515 g/mol. The van der Waals surface area contributed by atoms with Gasteiger partial charge in [-0.15, -0.1) is 0 Å². The van der Waals surface area contributed by atoms with Gasteiger partial charge in [0.25, 0.3) is 0 Å². The summed E-state index contributed by atoms with van der Waals surface area (Å²) < 4.78 is 0. The van der Waals surface area contributed by atoms with E-state index in [1.165, 1.54) is 0 Å². The van der Waals surface area contributed by atoms with E-state index in [-0.39, 0.29) is 18.4 Å². The number of carbonyl (C=O) groups is 3. The highest BCUT2D eigenvalue weighted by Crippen LogP contribution is 2.49. The number of likely N-dealkylation sites (tertiary alicyclic amines) is 1. The van der Waals surface area contributed by atoms with E-state index < -0.39 is 17.4 Å². The minimum atomic E-state index is -0.715. The van der Waals surface area contributed by atoms with Crippen LogP contribution in [-0.2, 0) is 22.4 Å². The molecule has 0 spiro atoms. The quantitative estimate of drug-likeness (QED) is 0.389. The van der Waals surface area contributed by atoms with E-state index in [1.54, 1.807) is 48.9 Å². The molecule has 1 atom stereocenters. The van der Waals surface area contributed by atoms with Crippen molar-refractivity contribution in [3.05, 3.63) is 77.9 Å². The lowest BCUT2D eigenvalue weighted by atomic mass is 9.97. The summed E-state index contributed by atoms with van der Waals surface area (Å²) in [6.07, 6.45) is 9.62. The molecule has 3 N–H and O–H groups in total. The Kier molecular flexibility index (Phi) is 7.30.